The van der Waals surface area contributed by atoms with Gasteiger partial charge in [0.05, 0.1) is 0 Å². The van der Waals surface area contributed by atoms with Gasteiger partial charge in [-0.05, 0) is 5.54 Å². The minimum atomic E-state index is -0.411. The fraction of sp³-hybridized carbons (Fsp3) is 0.667. The van der Waals surface area contributed by atoms with Gasteiger partial charge in [-0.25, -0.2) is 0 Å². The van der Waals surface area contributed by atoms with Crippen LogP contribution in [0.15, 0.2) is 12.7 Å². The Bertz CT molecular complexity index is 70.9. The van der Waals surface area contributed by atoms with Crippen LogP contribution >= 0.6 is 22.6 Å². The standard InChI is InChI=1S/C6H13ISi/c1-4-6(5-7)8(2)3/h4,6,8H,1,5H2,2-3H3. The summed E-state index contributed by atoms with van der Waals surface area (Å²) in [7, 11) is -0.411. The van der Waals surface area contributed by atoms with E-state index in [-0.39, 0.29) is 0 Å². The van der Waals surface area contributed by atoms with E-state index in [0.717, 1.165) is 5.54 Å². The van der Waals surface area contributed by atoms with Crippen LogP contribution in [0.25, 0.3) is 0 Å². The SMILES string of the molecule is C=CC(CI)[SiH](C)C. The maximum Gasteiger partial charge on any atom is 0.0390 e. The molecule has 0 fully saturated rings. The third kappa shape index (κ3) is 2.87. The average Bonchev–Trinajstić information content (AvgIpc) is 1.69. The highest BCUT2D eigenvalue weighted by Gasteiger charge is 2.06. The molecule has 0 aliphatic rings. The summed E-state index contributed by atoms with van der Waals surface area (Å²) in [5, 5.41) is 0. The molecule has 0 heterocycles. The van der Waals surface area contributed by atoms with Crippen LogP contribution in [0, 0.1) is 0 Å². The van der Waals surface area contributed by atoms with Gasteiger partial charge < -0.3 is 0 Å². The van der Waals surface area contributed by atoms with Crippen molar-refractivity contribution in [1.29, 1.82) is 0 Å². The zero-order valence-electron chi connectivity index (χ0n) is 5.52. The summed E-state index contributed by atoms with van der Waals surface area (Å²) in [5.41, 5.74) is 0.843. The monoisotopic (exact) mass is 240 g/mol. The fourth-order valence-electron chi connectivity index (χ4n) is 0.513. The molecule has 0 aromatic rings. The van der Waals surface area contributed by atoms with Crippen LogP contribution in [0.3, 0.4) is 0 Å². The molecule has 1 atom stereocenters. The van der Waals surface area contributed by atoms with Gasteiger partial charge in [0.1, 0.15) is 0 Å². The van der Waals surface area contributed by atoms with Crippen molar-refractivity contribution < 1.29 is 0 Å². The van der Waals surface area contributed by atoms with E-state index < -0.39 is 8.80 Å². The van der Waals surface area contributed by atoms with Crippen molar-refractivity contribution in [2.75, 3.05) is 4.43 Å². The van der Waals surface area contributed by atoms with E-state index in [1.165, 1.54) is 4.43 Å². The summed E-state index contributed by atoms with van der Waals surface area (Å²) in [4.78, 5) is 0. The molecule has 0 aliphatic carbocycles. The first-order valence-electron chi connectivity index (χ1n) is 2.91. The highest BCUT2D eigenvalue weighted by atomic mass is 127. The van der Waals surface area contributed by atoms with E-state index >= 15 is 0 Å². The number of rotatable bonds is 3. The van der Waals surface area contributed by atoms with E-state index in [9.17, 15) is 0 Å². The summed E-state index contributed by atoms with van der Waals surface area (Å²) in [5.74, 6) is 0. The van der Waals surface area contributed by atoms with Gasteiger partial charge >= 0.3 is 0 Å². The molecule has 48 valence electrons. The predicted molar refractivity (Wildman–Crippen MR) is 51.7 cm³/mol. The van der Waals surface area contributed by atoms with Crippen LogP contribution in [-0.4, -0.2) is 13.2 Å². The molecule has 0 bridgehead atoms. The van der Waals surface area contributed by atoms with Crippen molar-refractivity contribution in [2.45, 2.75) is 18.6 Å². The van der Waals surface area contributed by atoms with Gasteiger partial charge in [0, 0.05) is 13.2 Å². The van der Waals surface area contributed by atoms with Crippen molar-refractivity contribution in [2.24, 2.45) is 0 Å². The molecule has 0 radical (unpaired) electrons. The highest BCUT2D eigenvalue weighted by Crippen LogP contribution is 2.13. The van der Waals surface area contributed by atoms with Crippen molar-refractivity contribution >= 4 is 31.4 Å². The van der Waals surface area contributed by atoms with Gasteiger partial charge in [-0.2, -0.15) is 0 Å². The first-order valence-corrected chi connectivity index (χ1v) is 7.41. The van der Waals surface area contributed by atoms with E-state index in [2.05, 4.69) is 48.3 Å². The zero-order valence-corrected chi connectivity index (χ0v) is 8.84. The van der Waals surface area contributed by atoms with Gasteiger partial charge in [0.2, 0.25) is 0 Å². The Hall–Kier alpha value is 0.687. The largest absolute Gasteiger partial charge is 0.103 e. The molecule has 0 aliphatic heterocycles. The molecule has 1 unspecified atom stereocenters. The van der Waals surface area contributed by atoms with Gasteiger partial charge in [-0.3, -0.25) is 0 Å². The normalized spacial score (nSPS) is 14.0. The van der Waals surface area contributed by atoms with Crippen LogP contribution in [0.2, 0.25) is 18.6 Å². The van der Waals surface area contributed by atoms with Crippen LogP contribution < -0.4 is 0 Å². The summed E-state index contributed by atoms with van der Waals surface area (Å²) in [6, 6.07) is 0. The molecule has 0 aromatic heterocycles. The smallest absolute Gasteiger partial charge is 0.0390 e. The molecular weight excluding hydrogens is 227 g/mol. The Labute approximate surface area is 67.1 Å². The second kappa shape index (κ2) is 4.55. The molecular formula is C6H13ISi. The molecule has 2 heteroatoms. The van der Waals surface area contributed by atoms with E-state index in [0.29, 0.717) is 0 Å². The third-order valence-electron chi connectivity index (χ3n) is 1.34. The molecule has 0 N–H and O–H groups in total. The molecule has 0 saturated carbocycles. The number of hydrogen-bond acceptors (Lipinski definition) is 0. The minimum Gasteiger partial charge on any atom is -0.103 e. The quantitative estimate of drug-likeness (QED) is 0.307. The molecule has 0 nitrogen and oxygen atoms in total. The van der Waals surface area contributed by atoms with Crippen LogP contribution in [-0.2, 0) is 0 Å². The van der Waals surface area contributed by atoms with Crippen LogP contribution in [0.4, 0.5) is 0 Å². The molecule has 0 spiro atoms. The lowest BCUT2D eigenvalue weighted by molar-refractivity contribution is 1.22. The van der Waals surface area contributed by atoms with Gasteiger partial charge in [-0.15, -0.1) is 6.58 Å². The van der Waals surface area contributed by atoms with Gasteiger partial charge in [0.15, 0.2) is 0 Å². The Morgan fingerprint density at radius 2 is 2.25 bits per heavy atom. The van der Waals surface area contributed by atoms with Crippen molar-refractivity contribution in [3.63, 3.8) is 0 Å². The molecule has 0 amide bonds. The number of allylic oxidation sites excluding steroid dienone is 1. The molecule has 0 rings (SSSR count). The Morgan fingerprint density at radius 1 is 1.75 bits per heavy atom. The average molecular weight is 240 g/mol. The van der Waals surface area contributed by atoms with E-state index in [1.54, 1.807) is 0 Å². The first kappa shape index (κ1) is 8.69. The number of alkyl halides is 1. The Morgan fingerprint density at radius 3 is 2.25 bits per heavy atom. The molecule has 0 aromatic carbocycles. The lowest BCUT2D eigenvalue weighted by Crippen LogP contribution is -2.10. The van der Waals surface area contributed by atoms with Crippen molar-refractivity contribution in [3.05, 3.63) is 12.7 Å². The zero-order chi connectivity index (χ0) is 6.57. The van der Waals surface area contributed by atoms with Crippen molar-refractivity contribution in [3.8, 4) is 0 Å². The Balaban J connectivity index is 3.51. The maximum atomic E-state index is 3.78. The first-order chi connectivity index (χ1) is 3.72. The minimum absolute atomic E-state index is 0.411. The summed E-state index contributed by atoms with van der Waals surface area (Å²) >= 11 is 2.43. The van der Waals surface area contributed by atoms with Gasteiger partial charge in [0.25, 0.3) is 0 Å². The summed E-state index contributed by atoms with van der Waals surface area (Å²) < 4.78 is 1.26. The topological polar surface area (TPSA) is 0 Å². The second-order valence-corrected chi connectivity index (χ2v) is 6.52. The van der Waals surface area contributed by atoms with E-state index in [4.69, 9.17) is 0 Å². The highest BCUT2D eigenvalue weighted by molar-refractivity contribution is 14.1. The number of hydrogen-bond donors (Lipinski definition) is 0. The van der Waals surface area contributed by atoms with Crippen LogP contribution in [0.1, 0.15) is 0 Å². The maximum absolute atomic E-state index is 3.78. The lowest BCUT2D eigenvalue weighted by atomic mass is 10.5. The van der Waals surface area contributed by atoms with Crippen molar-refractivity contribution in [1.82, 2.24) is 0 Å². The number of halogens is 1. The lowest BCUT2D eigenvalue weighted by Gasteiger charge is -2.09. The Kier molecular flexibility index (Phi) is 4.95. The van der Waals surface area contributed by atoms with Crippen LogP contribution in [0.5, 0.6) is 0 Å². The van der Waals surface area contributed by atoms with Gasteiger partial charge in [-0.1, -0.05) is 41.8 Å². The molecule has 0 saturated heterocycles. The van der Waals surface area contributed by atoms with E-state index in [1.807, 2.05) is 0 Å². The predicted octanol–water partition coefficient (Wildman–Crippen LogP) is 2.46. The summed E-state index contributed by atoms with van der Waals surface area (Å²) in [6.45, 7) is 8.52. The second-order valence-electron chi connectivity index (χ2n) is 2.30. The molecule has 8 heavy (non-hydrogen) atoms. The summed E-state index contributed by atoms with van der Waals surface area (Å²) in [6.07, 6.45) is 2.10. The fourth-order valence-corrected chi connectivity index (χ4v) is 4.82. The third-order valence-corrected chi connectivity index (χ3v) is 5.53.